The molecule has 15 heavy (non-hydrogen) atoms. The minimum atomic E-state index is 0.401. The summed E-state index contributed by atoms with van der Waals surface area (Å²) in [5, 5.41) is 4.54. The third-order valence-electron chi connectivity index (χ3n) is 2.48. The van der Waals surface area contributed by atoms with Crippen LogP contribution in [-0.4, -0.2) is 34.1 Å². The summed E-state index contributed by atoms with van der Waals surface area (Å²) in [6.45, 7) is 10.4. The fourth-order valence-corrected chi connectivity index (χ4v) is 3.65. The van der Waals surface area contributed by atoms with E-state index in [0.717, 1.165) is 5.25 Å². The summed E-state index contributed by atoms with van der Waals surface area (Å²) in [5.74, 6) is 2.60. The molecule has 0 aromatic carbocycles. The molecule has 0 aromatic heterocycles. The van der Waals surface area contributed by atoms with Crippen LogP contribution in [0.4, 0.5) is 0 Å². The normalized spacial score (nSPS) is 24.4. The molecule has 0 radical (unpaired) electrons. The molecule has 3 heteroatoms. The van der Waals surface area contributed by atoms with E-state index in [1.54, 1.807) is 0 Å². The Labute approximate surface area is 104 Å². The van der Waals surface area contributed by atoms with Gasteiger partial charge in [0.2, 0.25) is 0 Å². The molecule has 1 rings (SSSR count). The summed E-state index contributed by atoms with van der Waals surface area (Å²) >= 11 is 4.19. The number of nitrogens with one attached hydrogen (secondary N) is 1. The van der Waals surface area contributed by atoms with E-state index in [1.807, 2.05) is 0 Å². The zero-order chi connectivity index (χ0) is 11.3. The van der Waals surface area contributed by atoms with Gasteiger partial charge in [-0.1, -0.05) is 20.8 Å². The van der Waals surface area contributed by atoms with Crippen molar-refractivity contribution in [3.05, 3.63) is 0 Å². The molecule has 2 unspecified atom stereocenters. The molecule has 1 aliphatic rings. The van der Waals surface area contributed by atoms with E-state index in [0.29, 0.717) is 10.8 Å². The first-order valence-corrected chi connectivity index (χ1v) is 8.00. The lowest BCUT2D eigenvalue weighted by molar-refractivity contribution is 0.575. The lowest BCUT2D eigenvalue weighted by Gasteiger charge is -2.22. The van der Waals surface area contributed by atoms with E-state index in [4.69, 9.17) is 0 Å². The predicted molar refractivity (Wildman–Crippen MR) is 75.2 cm³/mol. The molecule has 1 saturated heterocycles. The Morgan fingerprint density at radius 1 is 1.47 bits per heavy atom. The number of hydrogen-bond donors (Lipinski definition) is 1. The zero-order valence-corrected chi connectivity index (χ0v) is 12.1. The van der Waals surface area contributed by atoms with Crippen LogP contribution in [0.2, 0.25) is 0 Å². The van der Waals surface area contributed by atoms with Gasteiger partial charge in [0.25, 0.3) is 0 Å². The highest BCUT2D eigenvalue weighted by Gasteiger charge is 2.17. The summed E-state index contributed by atoms with van der Waals surface area (Å²) in [6.07, 6.45) is 2.83. The van der Waals surface area contributed by atoms with Crippen LogP contribution in [-0.2, 0) is 0 Å². The van der Waals surface area contributed by atoms with Crippen molar-refractivity contribution >= 4 is 23.5 Å². The molecule has 1 nitrogen and oxygen atoms in total. The standard InChI is InChI=1S/C12H25NS2/c1-10(9-15-12(2,3)4)13-8-11-6-5-7-14-11/h10-11,13H,5-9H2,1-4H3. The van der Waals surface area contributed by atoms with Crippen LogP contribution in [0.1, 0.15) is 40.5 Å². The number of thioether (sulfide) groups is 2. The lowest BCUT2D eigenvalue weighted by atomic mass is 10.2. The topological polar surface area (TPSA) is 12.0 Å². The maximum Gasteiger partial charge on any atom is 0.0172 e. The molecule has 0 aromatic rings. The van der Waals surface area contributed by atoms with Crippen LogP contribution in [0, 0.1) is 0 Å². The highest BCUT2D eigenvalue weighted by atomic mass is 32.2. The van der Waals surface area contributed by atoms with Gasteiger partial charge in [0.1, 0.15) is 0 Å². The Hall–Kier alpha value is 0.660. The van der Waals surface area contributed by atoms with Crippen LogP contribution in [0.5, 0.6) is 0 Å². The third kappa shape index (κ3) is 6.75. The number of hydrogen-bond acceptors (Lipinski definition) is 3. The average Bonchev–Trinajstić information content (AvgIpc) is 2.62. The second-order valence-corrected chi connectivity index (χ2v) is 8.62. The molecule has 1 N–H and O–H groups in total. The minimum Gasteiger partial charge on any atom is -0.312 e. The van der Waals surface area contributed by atoms with Gasteiger partial charge in [-0.2, -0.15) is 23.5 Å². The Kier molecular flexibility index (Phi) is 5.86. The third-order valence-corrected chi connectivity index (χ3v) is 5.42. The van der Waals surface area contributed by atoms with Gasteiger partial charge in [-0.15, -0.1) is 0 Å². The van der Waals surface area contributed by atoms with Crippen LogP contribution >= 0.6 is 23.5 Å². The SMILES string of the molecule is CC(CSC(C)(C)C)NCC1CCCS1. The molecule has 0 spiro atoms. The van der Waals surface area contributed by atoms with E-state index >= 15 is 0 Å². The van der Waals surface area contributed by atoms with Crippen molar-refractivity contribution < 1.29 is 0 Å². The summed E-state index contributed by atoms with van der Waals surface area (Å²) in [6, 6.07) is 0.649. The van der Waals surface area contributed by atoms with Crippen LogP contribution < -0.4 is 5.32 Å². The Bertz CT molecular complexity index is 171. The predicted octanol–water partition coefficient (Wildman–Crippen LogP) is 3.39. The lowest BCUT2D eigenvalue weighted by Crippen LogP contribution is -2.34. The molecule has 0 amide bonds. The molecule has 1 fully saturated rings. The van der Waals surface area contributed by atoms with Gasteiger partial charge < -0.3 is 5.32 Å². The Morgan fingerprint density at radius 3 is 2.73 bits per heavy atom. The highest BCUT2D eigenvalue weighted by molar-refractivity contribution is 8.00. The number of rotatable bonds is 5. The maximum atomic E-state index is 3.66. The molecule has 1 heterocycles. The first-order chi connectivity index (χ1) is 6.97. The largest absolute Gasteiger partial charge is 0.312 e. The van der Waals surface area contributed by atoms with Crippen molar-refractivity contribution in [1.29, 1.82) is 0 Å². The summed E-state index contributed by atoms with van der Waals surface area (Å²) in [5.41, 5.74) is 0. The van der Waals surface area contributed by atoms with Crippen molar-refractivity contribution in [2.75, 3.05) is 18.1 Å². The molecule has 90 valence electrons. The van der Waals surface area contributed by atoms with Crippen molar-refractivity contribution in [1.82, 2.24) is 5.32 Å². The van der Waals surface area contributed by atoms with E-state index in [2.05, 4.69) is 56.5 Å². The monoisotopic (exact) mass is 247 g/mol. The second-order valence-electron chi connectivity index (χ2n) is 5.37. The molecule has 0 saturated carbocycles. The first-order valence-electron chi connectivity index (χ1n) is 5.96. The fraction of sp³-hybridized carbons (Fsp3) is 1.00. The quantitative estimate of drug-likeness (QED) is 0.800. The maximum absolute atomic E-state index is 3.66. The summed E-state index contributed by atoms with van der Waals surface area (Å²) < 4.78 is 0.401. The van der Waals surface area contributed by atoms with Gasteiger partial charge in [-0.05, 0) is 25.5 Å². The molecule has 0 aliphatic carbocycles. The van der Waals surface area contributed by atoms with Gasteiger partial charge in [-0.25, -0.2) is 0 Å². The van der Waals surface area contributed by atoms with Crippen molar-refractivity contribution in [2.24, 2.45) is 0 Å². The van der Waals surface area contributed by atoms with Gasteiger partial charge in [0.15, 0.2) is 0 Å². The van der Waals surface area contributed by atoms with E-state index in [1.165, 1.54) is 30.9 Å². The fourth-order valence-electron chi connectivity index (χ4n) is 1.57. The van der Waals surface area contributed by atoms with E-state index in [-0.39, 0.29) is 0 Å². The molecular weight excluding hydrogens is 222 g/mol. The highest BCUT2D eigenvalue weighted by Crippen LogP contribution is 2.26. The summed E-state index contributed by atoms with van der Waals surface area (Å²) in [4.78, 5) is 0. The summed E-state index contributed by atoms with van der Waals surface area (Å²) in [7, 11) is 0. The minimum absolute atomic E-state index is 0.401. The van der Waals surface area contributed by atoms with Crippen LogP contribution in [0.25, 0.3) is 0 Å². The van der Waals surface area contributed by atoms with Gasteiger partial charge in [0, 0.05) is 28.3 Å². The van der Waals surface area contributed by atoms with Crippen LogP contribution in [0.3, 0.4) is 0 Å². The van der Waals surface area contributed by atoms with Crippen LogP contribution in [0.15, 0.2) is 0 Å². The Morgan fingerprint density at radius 2 is 2.20 bits per heavy atom. The molecule has 1 aliphatic heterocycles. The molecular formula is C12H25NS2. The smallest absolute Gasteiger partial charge is 0.0172 e. The molecule has 2 atom stereocenters. The van der Waals surface area contributed by atoms with Crippen molar-refractivity contribution in [3.8, 4) is 0 Å². The van der Waals surface area contributed by atoms with Gasteiger partial charge in [-0.3, -0.25) is 0 Å². The van der Waals surface area contributed by atoms with Crippen molar-refractivity contribution in [2.45, 2.75) is 56.6 Å². The van der Waals surface area contributed by atoms with Gasteiger partial charge >= 0.3 is 0 Å². The average molecular weight is 247 g/mol. The van der Waals surface area contributed by atoms with E-state index in [9.17, 15) is 0 Å². The second kappa shape index (κ2) is 6.41. The first kappa shape index (κ1) is 13.7. The van der Waals surface area contributed by atoms with Crippen molar-refractivity contribution in [3.63, 3.8) is 0 Å². The Balaban J connectivity index is 2.05. The zero-order valence-electron chi connectivity index (χ0n) is 10.5. The van der Waals surface area contributed by atoms with Gasteiger partial charge in [0.05, 0.1) is 0 Å². The van der Waals surface area contributed by atoms with E-state index < -0.39 is 0 Å². The molecule has 0 bridgehead atoms.